The summed E-state index contributed by atoms with van der Waals surface area (Å²) in [5.74, 6) is 0.694. The van der Waals surface area contributed by atoms with Gasteiger partial charge in [-0.15, -0.1) is 0 Å². The van der Waals surface area contributed by atoms with E-state index in [4.69, 9.17) is 21.4 Å². The number of benzene rings is 1. The Hall–Kier alpha value is -0.970. The molecular weight excluding hydrogens is 252 g/mol. The zero-order valence-corrected chi connectivity index (χ0v) is 11.3. The van der Waals surface area contributed by atoms with Crippen LogP contribution in [0.5, 0.6) is 5.75 Å². The molecule has 0 aromatic heterocycles. The van der Waals surface area contributed by atoms with Crippen LogP contribution in [0.2, 0.25) is 5.02 Å². The molecule has 0 radical (unpaired) electrons. The van der Waals surface area contributed by atoms with Crippen LogP contribution in [0.25, 0.3) is 0 Å². The summed E-state index contributed by atoms with van der Waals surface area (Å²) < 4.78 is 5.43. The molecule has 0 unspecified atom stereocenters. The maximum atomic E-state index is 9.17. The Labute approximate surface area is 113 Å². The summed E-state index contributed by atoms with van der Waals surface area (Å²) >= 11 is 6.27. The maximum Gasteiger partial charge on any atom is 0.121 e. The second kappa shape index (κ2) is 6.27. The van der Waals surface area contributed by atoms with Gasteiger partial charge in [-0.3, -0.25) is 0 Å². The predicted molar refractivity (Wildman–Crippen MR) is 73.7 cm³/mol. The van der Waals surface area contributed by atoms with Gasteiger partial charge in [-0.2, -0.15) is 0 Å². The molecule has 1 aromatic rings. The number of nitrogens with one attached hydrogen (secondary N) is 1. The van der Waals surface area contributed by atoms with Crippen molar-refractivity contribution in [1.82, 2.24) is 5.32 Å². The quantitative estimate of drug-likeness (QED) is 0.871. The topological polar surface area (TPSA) is 44.7 Å². The fourth-order valence-corrected chi connectivity index (χ4v) is 2.25. The average molecular weight is 271 g/mol. The Bertz CT molecular complexity index is 393. The van der Waals surface area contributed by atoms with Crippen molar-refractivity contribution < 1.29 is 9.84 Å². The third kappa shape index (κ3) is 3.51. The van der Waals surface area contributed by atoms with Crippen molar-refractivity contribution in [2.45, 2.75) is 13.0 Å². The fourth-order valence-electron chi connectivity index (χ4n) is 1.96. The Morgan fingerprint density at radius 2 is 2.17 bits per heavy atom. The highest BCUT2D eigenvalue weighted by molar-refractivity contribution is 6.33. The van der Waals surface area contributed by atoms with Gasteiger partial charge in [0.15, 0.2) is 0 Å². The number of ether oxygens (including phenoxy) is 1. The number of halogens is 1. The molecule has 0 saturated carbocycles. The zero-order valence-electron chi connectivity index (χ0n) is 10.5. The van der Waals surface area contributed by atoms with E-state index in [9.17, 15) is 0 Å². The van der Waals surface area contributed by atoms with E-state index >= 15 is 0 Å². The summed E-state index contributed by atoms with van der Waals surface area (Å²) in [6.45, 7) is 5.87. The average Bonchev–Trinajstić information content (AvgIpc) is 2.37. The molecule has 18 heavy (non-hydrogen) atoms. The van der Waals surface area contributed by atoms with Crippen LogP contribution in [0.3, 0.4) is 0 Å². The summed E-state index contributed by atoms with van der Waals surface area (Å²) in [7, 11) is 0. The van der Waals surface area contributed by atoms with Gasteiger partial charge in [-0.25, -0.2) is 0 Å². The normalized spacial score (nSPS) is 17.6. The molecule has 1 saturated heterocycles. The molecule has 0 bridgehead atoms. The molecule has 0 amide bonds. The molecule has 1 fully saturated rings. The third-order valence-electron chi connectivity index (χ3n) is 2.87. The van der Waals surface area contributed by atoms with E-state index < -0.39 is 6.10 Å². The van der Waals surface area contributed by atoms with Gasteiger partial charge >= 0.3 is 0 Å². The first-order valence-electron chi connectivity index (χ1n) is 6.23. The largest absolute Gasteiger partial charge is 0.491 e. The number of anilines is 1. The molecule has 0 aliphatic carbocycles. The Kier molecular flexibility index (Phi) is 4.69. The summed E-state index contributed by atoms with van der Waals surface area (Å²) in [5, 5.41) is 13.2. The van der Waals surface area contributed by atoms with Crippen molar-refractivity contribution >= 4 is 17.3 Å². The number of aliphatic hydroxyl groups is 1. The van der Waals surface area contributed by atoms with Crippen LogP contribution in [0.4, 0.5) is 5.69 Å². The Morgan fingerprint density at radius 3 is 2.78 bits per heavy atom. The van der Waals surface area contributed by atoms with Crippen LogP contribution in [-0.4, -0.2) is 44.0 Å². The van der Waals surface area contributed by atoms with Gasteiger partial charge in [0.2, 0.25) is 0 Å². The minimum Gasteiger partial charge on any atom is -0.491 e. The first-order valence-corrected chi connectivity index (χ1v) is 6.60. The molecule has 1 heterocycles. The smallest absolute Gasteiger partial charge is 0.121 e. The molecular formula is C13H19ClN2O2. The molecule has 1 aliphatic rings. The van der Waals surface area contributed by atoms with Gasteiger partial charge in [0.1, 0.15) is 12.4 Å². The lowest BCUT2D eigenvalue weighted by atomic mass is 10.2. The summed E-state index contributed by atoms with van der Waals surface area (Å²) in [6, 6.07) is 5.68. The second-order valence-electron chi connectivity index (χ2n) is 4.51. The van der Waals surface area contributed by atoms with Gasteiger partial charge in [-0.1, -0.05) is 11.6 Å². The lowest BCUT2D eigenvalue weighted by molar-refractivity contribution is 0.123. The van der Waals surface area contributed by atoms with Gasteiger partial charge in [0, 0.05) is 32.2 Å². The van der Waals surface area contributed by atoms with Crippen LogP contribution >= 0.6 is 11.6 Å². The van der Waals surface area contributed by atoms with E-state index in [1.165, 1.54) is 0 Å². The predicted octanol–water partition coefficient (Wildman–Crippen LogP) is 1.51. The summed E-state index contributed by atoms with van der Waals surface area (Å²) in [6.07, 6.45) is -0.475. The monoisotopic (exact) mass is 270 g/mol. The minimum atomic E-state index is -0.475. The van der Waals surface area contributed by atoms with Crippen LogP contribution < -0.4 is 15.0 Å². The molecule has 1 aromatic carbocycles. The Balaban J connectivity index is 2.04. The number of piperazine rings is 1. The number of aliphatic hydroxyl groups excluding tert-OH is 1. The zero-order chi connectivity index (χ0) is 13.0. The number of nitrogens with zero attached hydrogens (tertiary/aromatic N) is 1. The van der Waals surface area contributed by atoms with Crippen molar-refractivity contribution in [1.29, 1.82) is 0 Å². The highest BCUT2D eigenvalue weighted by Crippen LogP contribution is 2.30. The number of hydrogen-bond acceptors (Lipinski definition) is 4. The van der Waals surface area contributed by atoms with Crippen LogP contribution in [0, 0.1) is 0 Å². The second-order valence-corrected chi connectivity index (χ2v) is 4.92. The summed E-state index contributed by atoms with van der Waals surface area (Å²) in [4.78, 5) is 2.26. The third-order valence-corrected chi connectivity index (χ3v) is 3.17. The van der Waals surface area contributed by atoms with Crippen molar-refractivity contribution in [3.63, 3.8) is 0 Å². The van der Waals surface area contributed by atoms with E-state index in [-0.39, 0.29) is 6.61 Å². The number of hydrogen-bond donors (Lipinski definition) is 2. The van der Waals surface area contributed by atoms with Gasteiger partial charge < -0.3 is 20.1 Å². The van der Waals surface area contributed by atoms with Crippen molar-refractivity contribution in [3.05, 3.63) is 23.2 Å². The molecule has 2 rings (SSSR count). The van der Waals surface area contributed by atoms with Crippen LogP contribution in [0.15, 0.2) is 18.2 Å². The molecule has 4 nitrogen and oxygen atoms in total. The first kappa shape index (κ1) is 13.5. The van der Waals surface area contributed by atoms with E-state index in [2.05, 4.69) is 10.2 Å². The van der Waals surface area contributed by atoms with Crippen LogP contribution in [-0.2, 0) is 0 Å². The first-order chi connectivity index (χ1) is 8.66. The molecule has 100 valence electrons. The highest BCUT2D eigenvalue weighted by Gasteiger charge is 2.14. The van der Waals surface area contributed by atoms with E-state index in [0.717, 1.165) is 31.9 Å². The number of rotatable bonds is 4. The van der Waals surface area contributed by atoms with E-state index in [0.29, 0.717) is 10.8 Å². The lowest BCUT2D eigenvalue weighted by Crippen LogP contribution is -2.43. The molecule has 1 atom stereocenters. The van der Waals surface area contributed by atoms with Crippen molar-refractivity contribution in [2.24, 2.45) is 0 Å². The minimum absolute atomic E-state index is 0.281. The molecule has 1 aliphatic heterocycles. The van der Waals surface area contributed by atoms with E-state index in [1.807, 2.05) is 12.1 Å². The van der Waals surface area contributed by atoms with E-state index in [1.54, 1.807) is 13.0 Å². The molecule has 5 heteroatoms. The summed E-state index contributed by atoms with van der Waals surface area (Å²) in [5.41, 5.74) is 1.04. The lowest BCUT2D eigenvalue weighted by Gasteiger charge is -2.30. The van der Waals surface area contributed by atoms with Crippen molar-refractivity contribution in [2.75, 3.05) is 37.7 Å². The molecule has 2 N–H and O–H groups in total. The van der Waals surface area contributed by atoms with Crippen LogP contribution in [0.1, 0.15) is 6.92 Å². The van der Waals surface area contributed by atoms with Gasteiger partial charge in [0.05, 0.1) is 16.8 Å². The standard InChI is InChI=1S/C13H19ClN2O2/c1-10(17)9-18-11-2-3-13(12(14)8-11)16-6-4-15-5-7-16/h2-3,8,10,15,17H,4-7,9H2,1H3/t10-/m0/s1. The van der Waals surface area contributed by atoms with Crippen molar-refractivity contribution in [3.8, 4) is 5.75 Å². The maximum absolute atomic E-state index is 9.17. The highest BCUT2D eigenvalue weighted by atomic mass is 35.5. The molecule has 0 spiro atoms. The Morgan fingerprint density at radius 1 is 1.44 bits per heavy atom. The van der Waals surface area contributed by atoms with Gasteiger partial charge in [0.25, 0.3) is 0 Å². The fraction of sp³-hybridized carbons (Fsp3) is 0.538. The SMILES string of the molecule is C[C@H](O)COc1ccc(N2CCNCC2)c(Cl)c1. The van der Waals surface area contributed by atoms with Gasteiger partial charge in [-0.05, 0) is 19.1 Å².